The van der Waals surface area contributed by atoms with Crippen molar-refractivity contribution in [3.05, 3.63) is 24.4 Å². The van der Waals surface area contributed by atoms with Crippen LogP contribution in [0.5, 0.6) is 0 Å². The molecule has 21 heavy (non-hydrogen) atoms. The Balaban J connectivity index is 1.60. The molecule has 1 aromatic carbocycles. The maximum atomic E-state index is 12.7. The zero-order chi connectivity index (χ0) is 14.1. The first-order chi connectivity index (χ1) is 10.2. The molecule has 3 aliphatic heterocycles. The minimum Gasteiger partial charge on any atom is -0.373 e. The molecule has 2 amide bonds. The number of carbonyl (C=O) groups is 2. The van der Waals surface area contributed by atoms with E-state index in [-0.39, 0.29) is 35.9 Å². The fraction of sp³-hybridized carbons (Fsp3) is 0.400. The van der Waals surface area contributed by atoms with E-state index in [1.54, 1.807) is 12.3 Å². The predicted octanol–water partition coefficient (Wildman–Crippen LogP) is 1.23. The Morgan fingerprint density at radius 1 is 1.14 bits per heavy atom. The predicted molar refractivity (Wildman–Crippen MR) is 73.5 cm³/mol. The highest BCUT2D eigenvalue weighted by Gasteiger charge is 2.62. The van der Waals surface area contributed by atoms with Crippen molar-refractivity contribution in [3.8, 4) is 0 Å². The number of nitrogens with zero attached hydrogens (tertiary/aromatic N) is 2. The molecule has 0 spiro atoms. The summed E-state index contributed by atoms with van der Waals surface area (Å²) in [5, 5.41) is 7.79. The molecular formula is C15H13N3O3. The lowest BCUT2D eigenvalue weighted by Crippen LogP contribution is -2.34. The van der Waals surface area contributed by atoms with E-state index in [2.05, 4.69) is 10.2 Å². The molecule has 0 saturated carbocycles. The Kier molecular flexibility index (Phi) is 2.02. The smallest absolute Gasteiger partial charge is 0.240 e. The van der Waals surface area contributed by atoms with E-state index in [1.165, 1.54) is 4.90 Å². The van der Waals surface area contributed by atoms with Crippen molar-refractivity contribution in [1.82, 2.24) is 10.2 Å². The third kappa shape index (κ3) is 1.33. The van der Waals surface area contributed by atoms with E-state index >= 15 is 0 Å². The average molecular weight is 283 g/mol. The number of nitrogens with one attached hydrogen (secondary N) is 1. The summed E-state index contributed by atoms with van der Waals surface area (Å²) in [7, 11) is 0. The maximum Gasteiger partial charge on any atom is 0.240 e. The summed E-state index contributed by atoms with van der Waals surface area (Å²) < 4.78 is 5.74. The topological polar surface area (TPSA) is 75.3 Å². The maximum absolute atomic E-state index is 12.7. The van der Waals surface area contributed by atoms with Gasteiger partial charge in [-0.2, -0.15) is 5.10 Å². The summed E-state index contributed by atoms with van der Waals surface area (Å²) >= 11 is 0. The zero-order valence-electron chi connectivity index (χ0n) is 11.2. The first kappa shape index (κ1) is 11.4. The fourth-order valence-electron chi connectivity index (χ4n) is 4.03. The Labute approximate surface area is 120 Å². The molecule has 2 aromatic rings. The number of hydrogen-bond acceptors (Lipinski definition) is 4. The van der Waals surface area contributed by atoms with Crippen molar-refractivity contribution in [2.75, 3.05) is 4.90 Å². The van der Waals surface area contributed by atoms with Crippen LogP contribution in [0.15, 0.2) is 24.4 Å². The van der Waals surface area contributed by atoms with E-state index in [4.69, 9.17) is 4.74 Å². The molecule has 6 heteroatoms. The largest absolute Gasteiger partial charge is 0.373 e. The molecule has 4 atom stereocenters. The van der Waals surface area contributed by atoms with Crippen LogP contribution in [0.3, 0.4) is 0 Å². The molecule has 4 heterocycles. The number of hydrogen-bond donors (Lipinski definition) is 1. The van der Waals surface area contributed by atoms with Crippen LogP contribution in [0.25, 0.3) is 10.9 Å². The van der Waals surface area contributed by atoms with Gasteiger partial charge in [0.1, 0.15) is 0 Å². The molecule has 1 N–H and O–H groups in total. The number of aromatic nitrogens is 2. The van der Waals surface area contributed by atoms with Gasteiger partial charge in [0.05, 0.1) is 41.4 Å². The number of imide groups is 1. The van der Waals surface area contributed by atoms with Gasteiger partial charge in [-0.3, -0.25) is 14.7 Å². The molecule has 4 unspecified atom stereocenters. The Morgan fingerprint density at radius 2 is 1.86 bits per heavy atom. The van der Waals surface area contributed by atoms with E-state index in [1.807, 2.05) is 12.1 Å². The molecule has 106 valence electrons. The van der Waals surface area contributed by atoms with Crippen LogP contribution in [0.4, 0.5) is 5.69 Å². The van der Waals surface area contributed by atoms with Gasteiger partial charge in [-0.15, -0.1) is 0 Å². The number of anilines is 1. The van der Waals surface area contributed by atoms with Gasteiger partial charge in [0.2, 0.25) is 11.8 Å². The first-order valence-electron chi connectivity index (χ1n) is 7.20. The van der Waals surface area contributed by atoms with Crippen LogP contribution in [0.1, 0.15) is 12.8 Å². The number of benzene rings is 1. The first-order valence-corrected chi connectivity index (χ1v) is 7.20. The highest BCUT2D eigenvalue weighted by molar-refractivity contribution is 6.23. The third-order valence-electron chi connectivity index (χ3n) is 4.97. The Bertz CT molecular complexity index is 755. The van der Waals surface area contributed by atoms with Gasteiger partial charge in [0.25, 0.3) is 0 Å². The van der Waals surface area contributed by atoms with Gasteiger partial charge >= 0.3 is 0 Å². The van der Waals surface area contributed by atoms with Gasteiger partial charge in [-0.05, 0) is 31.0 Å². The van der Waals surface area contributed by atoms with Crippen LogP contribution >= 0.6 is 0 Å². The minimum absolute atomic E-state index is 0.0719. The summed E-state index contributed by atoms with van der Waals surface area (Å²) in [6, 6.07) is 5.48. The molecule has 2 bridgehead atoms. The lowest BCUT2D eigenvalue weighted by molar-refractivity contribution is -0.124. The van der Waals surface area contributed by atoms with Crippen molar-refractivity contribution in [2.24, 2.45) is 11.8 Å². The van der Waals surface area contributed by atoms with Crippen molar-refractivity contribution >= 4 is 28.4 Å². The van der Waals surface area contributed by atoms with Crippen LogP contribution in [0.2, 0.25) is 0 Å². The number of ether oxygens (including phenoxy) is 1. The van der Waals surface area contributed by atoms with Crippen molar-refractivity contribution in [2.45, 2.75) is 25.0 Å². The number of fused-ring (bicyclic) bond motifs is 6. The van der Waals surface area contributed by atoms with E-state index in [9.17, 15) is 9.59 Å². The van der Waals surface area contributed by atoms with Crippen molar-refractivity contribution < 1.29 is 14.3 Å². The third-order valence-corrected chi connectivity index (χ3v) is 4.97. The number of aromatic amines is 1. The van der Waals surface area contributed by atoms with Gasteiger partial charge in [0, 0.05) is 5.39 Å². The highest BCUT2D eigenvalue weighted by atomic mass is 16.5. The molecule has 6 nitrogen and oxygen atoms in total. The summed E-state index contributed by atoms with van der Waals surface area (Å²) in [6.07, 6.45) is 3.35. The molecule has 3 saturated heterocycles. The zero-order valence-corrected chi connectivity index (χ0v) is 11.2. The van der Waals surface area contributed by atoms with Crippen LogP contribution in [0, 0.1) is 11.8 Å². The lowest BCUT2D eigenvalue weighted by atomic mass is 9.81. The molecule has 0 radical (unpaired) electrons. The molecule has 0 aliphatic carbocycles. The summed E-state index contributed by atoms with van der Waals surface area (Å²) in [6.45, 7) is 0. The average Bonchev–Trinajstić information content (AvgIpc) is 3.22. The van der Waals surface area contributed by atoms with Crippen LogP contribution in [-0.2, 0) is 14.3 Å². The summed E-state index contributed by atoms with van der Waals surface area (Å²) in [4.78, 5) is 26.7. The summed E-state index contributed by atoms with van der Waals surface area (Å²) in [5.41, 5.74) is 1.44. The highest BCUT2D eigenvalue weighted by Crippen LogP contribution is 2.49. The minimum atomic E-state index is -0.284. The fourth-order valence-corrected chi connectivity index (χ4v) is 4.03. The van der Waals surface area contributed by atoms with Gasteiger partial charge in [-0.1, -0.05) is 0 Å². The summed E-state index contributed by atoms with van der Waals surface area (Å²) in [5.74, 6) is -0.797. The van der Waals surface area contributed by atoms with Crippen LogP contribution < -0.4 is 4.90 Å². The van der Waals surface area contributed by atoms with Gasteiger partial charge < -0.3 is 4.74 Å². The molecule has 3 fully saturated rings. The lowest BCUT2D eigenvalue weighted by Gasteiger charge is -2.17. The second-order valence-electron chi connectivity index (χ2n) is 6.00. The SMILES string of the molecule is O=C1C2C3CCC(O3)C2C(=O)N1c1ccc2cn[nH]c2c1. The molecule has 5 rings (SSSR count). The molecular weight excluding hydrogens is 270 g/mol. The number of rotatable bonds is 1. The number of carbonyl (C=O) groups excluding carboxylic acids is 2. The van der Waals surface area contributed by atoms with Crippen LogP contribution in [-0.4, -0.2) is 34.2 Å². The monoisotopic (exact) mass is 283 g/mol. The van der Waals surface area contributed by atoms with E-state index in [0.717, 1.165) is 23.7 Å². The van der Waals surface area contributed by atoms with Gasteiger partial charge in [-0.25, -0.2) is 4.90 Å². The second-order valence-corrected chi connectivity index (χ2v) is 6.00. The second kappa shape index (κ2) is 3.71. The number of H-pyrrole nitrogens is 1. The van der Waals surface area contributed by atoms with E-state index < -0.39 is 0 Å². The molecule has 3 aliphatic rings. The van der Waals surface area contributed by atoms with Crippen molar-refractivity contribution in [1.29, 1.82) is 0 Å². The number of amides is 2. The molecule has 1 aromatic heterocycles. The van der Waals surface area contributed by atoms with Crippen molar-refractivity contribution in [3.63, 3.8) is 0 Å². The van der Waals surface area contributed by atoms with Gasteiger partial charge in [0.15, 0.2) is 0 Å². The Morgan fingerprint density at radius 3 is 2.57 bits per heavy atom. The quantitative estimate of drug-likeness (QED) is 0.799. The normalized spacial score (nSPS) is 34.2. The van der Waals surface area contributed by atoms with E-state index in [0.29, 0.717) is 5.69 Å². The standard InChI is InChI=1S/C15H13N3O3/c19-14-12-10-3-4-11(21-10)13(12)15(20)18(14)8-2-1-7-6-16-17-9(7)5-8/h1-2,5-6,10-13H,3-4H2,(H,16,17). The Hall–Kier alpha value is -2.21.